The van der Waals surface area contributed by atoms with E-state index >= 15 is 0 Å². The number of carbonyl (C=O) groups excluding carboxylic acids is 2. The first kappa shape index (κ1) is 21.7. The molecule has 0 fully saturated rings. The molecule has 170 valence electrons. The standard InChI is InChI=1S/C26H20ClN3O4/c1-29-22-13-17(7-9-25(22)34-16-26(29)32)23(31)15-33-24-10-8-18(27)14-20(24)21-11-12-28-30(21)19-5-3-2-4-6-19/h2-14H,15-16H2,1H3. The molecule has 7 nitrogen and oxygen atoms in total. The Hall–Kier alpha value is -4.10. The van der Waals surface area contributed by atoms with Crippen LogP contribution in [0.15, 0.2) is 79.0 Å². The molecule has 0 bridgehead atoms. The van der Waals surface area contributed by atoms with Crippen molar-refractivity contribution in [3.8, 4) is 28.4 Å². The molecule has 0 aliphatic carbocycles. The SMILES string of the molecule is CN1C(=O)COc2ccc(C(=O)COc3ccc(Cl)cc3-c3ccnn3-c3ccccc3)cc21. The van der Waals surface area contributed by atoms with Crippen LogP contribution in [0.5, 0.6) is 11.5 Å². The number of halogens is 1. The molecule has 0 N–H and O–H groups in total. The molecule has 0 radical (unpaired) electrons. The number of ether oxygens (including phenoxy) is 2. The lowest BCUT2D eigenvalue weighted by Gasteiger charge is -2.26. The van der Waals surface area contributed by atoms with Gasteiger partial charge in [0, 0.05) is 23.2 Å². The van der Waals surface area contributed by atoms with Crippen molar-refractivity contribution in [2.75, 3.05) is 25.2 Å². The Morgan fingerprint density at radius 3 is 2.74 bits per heavy atom. The lowest BCUT2D eigenvalue weighted by molar-refractivity contribution is -0.120. The quantitative estimate of drug-likeness (QED) is 0.376. The van der Waals surface area contributed by atoms with Gasteiger partial charge >= 0.3 is 0 Å². The summed E-state index contributed by atoms with van der Waals surface area (Å²) in [5.41, 5.74) is 3.36. The number of fused-ring (bicyclic) bond motifs is 1. The second-order valence-electron chi connectivity index (χ2n) is 7.74. The van der Waals surface area contributed by atoms with Gasteiger partial charge in [-0.25, -0.2) is 4.68 Å². The Morgan fingerprint density at radius 1 is 1.09 bits per heavy atom. The van der Waals surface area contributed by atoms with Crippen molar-refractivity contribution in [2.45, 2.75) is 0 Å². The van der Waals surface area contributed by atoms with Crippen LogP contribution in [-0.4, -0.2) is 41.7 Å². The Kier molecular flexibility index (Phi) is 5.77. The highest BCUT2D eigenvalue weighted by Crippen LogP contribution is 2.35. The van der Waals surface area contributed by atoms with Crippen LogP contribution in [0, 0.1) is 0 Å². The van der Waals surface area contributed by atoms with E-state index in [-0.39, 0.29) is 24.9 Å². The van der Waals surface area contributed by atoms with E-state index in [0.29, 0.717) is 33.3 Å². The number of Topliss-reactive ketones (excluding diaryl/α,β-unsaturated/α-hetero) is 1. The smallest absolute Gasteiger partial charge is 0.264 e. The molecule has 5 rings (SSSR count). The number of benzene rings is 3. The molecule has 1 amide bonds. The second kappa shape index (κ2) is 9.03. The molecule has 0 atom stereocenters. The van der Waals surface area contributed by atoms with Crippen molar-refractivity contribution < 1.29 is 19.1 Å². The number of anilines is 1. The first-order chi connectivity index (χ1) is 16.5. The number of rotatable bonds is 6. The molecule has 0 saturated carbocycles. The van der Waals surface area contributed by atoms with E-state index in [1.165, 1.54) is 4.90 Å². The van der Waals surface area contributed by atoms with Gasteiger partial charge in [-0.05, 0) is 54.6 Å². The molecule has 3 aromatic carbocycles. The highest BCUT2D eigenvalue weighted by atomic mass is 35.5. The maximum Gasteiger partial charge on any atom is 0.264 e. The largest absolute Gasteiger partial charge is 0.485 e. The molecule has 1 aliphatic rings. The molecule has 0 unspecified atom stereocenters. The normalized spacial score (nSPS) is 12.8. The highest BCUT2D eigenvalue weighted by molar-refractivity contribution is 6.31. The van der Waals surface area contributed by atoms with E-state index in [1.54, 1.807) is 54.3 Å². The Labute approximate surface area is 201 Å². The van der Waals surface area contributed by atoms with Crippen molar-refractivity contribution in [2.24, 2.45) is 0 Å². The fourth-order valence-electron chi connectivity index (χ4n) is 3.78. The zero-order valence-electron chi connectivity index (χ0n) is 18.3. The third-order valence-electron chi connectivity index (χ3n) is 5.59. The average Bonchev–Trinajstić information content (AvgIpc) is 3.35. The fraction of sp³-hybridized carbons (Fsp3) is 0.115. The maximum atomic E-state index is 12.9. The minimum absolute atomic E-state index is 0.0151. The summed E-state index contributed by atoms with van der Waals surface area (Å²) in [4.78, 5) is 26.3. The van der Waals surface area contributed by atoms with E-state index < -0.39 is 0 Å². The minimum Gasteiger partial charge on any atom is -0.485 e. The number of nitrogens with zero attached hydrogens (tertiary/aromatic N) is 3. The zero-order chi connectivity index (χ0) is 23.7. The summed E-state index contributed by atoms with van der Waals surface area (Å²) in [6, 6.07) is 21.8. The summed E-state index contributed by atoms with van der Waals surface area (Å²) in [6.45, 7) is -0.204. The second-order valence-corrected chi connectivity index (χ2v) is 8.18. The predicted octanol–water partition coefficient (Wildman–Crippen LogP) is 4.81. The lowest BCUT2D eigenvalue weighted by Crippen LogP contribution is -2.35. The predicted molar refractivity (Wildman–Crippen MR) is 129 cm³/mol. The van der Waals surface area contributed by atoms with Gasteiger partial charge in [0.05, 0.1) is 23.3 Å². The molecular formula is C26H20ClN3O4. The summed E-state index contributed by atoms with van der Waals surface area (Å²) < 4.78 is 13.2. The Bertz CT molecular complexity index is 1380. The first-order valence-electron chi connectivity index (χ1n) is 10.6. The molecular weight excluding hydrogens is 454 g/mol. The van der Waals surface area contributed by atoms with Crippen LogP contribution in [0.2, 0.25) is 5.02 Å². The third kappa shape index (κ3) is 4.13. The van der Waals surface area contributed by atoms with Crippen LogP contribution in [0.3, 0.4) is 0 Å². The van der Waals surface area contributed by atoms with Crippen LogP contribution in [0.1, 0.15) is 10.4 Å². The lowest BCUT2D eigenvalue weighted by atomic mass is 10.1. The van der Waals surface area contributed by atoms with Gasteiger partial charge < -0.3 is 14.4 Å². The van der Waals surface area contributed by atoms with Gasteiger partial charge in [-0.1, -0.05) is 29.8 Å². The highest BCUT2D eigenvalue weighted by Gasteiger charge is 2.23. The average molecular weight is 474 g/mol. The van der Waals surface area contributed by atoms with Gasteiger partial charge in [-0.15, -0.1) is 0 Å². The number of hydrogen-bond donors (Lipinski definition) is 0. The number of amides is 1. The summed E-state index contributed by atoms with van der Waals surface area (Å²) in [7, 11) is 1.66. The molecule has 1 aromatic heterocycles. The zero-order valence-corrected chi connectivity index (χ0v) is 19.0. The van der Waals surface area contributed by atoms with Crippen LogP contribution < -0.4 is 14.4 Å². The number of para-hydroxylation sites is 1. The number of likely N-dealkylation sites (N-methyl/N-ethyl adjacent to an activating group) is 1. The summed E-state index contributed by atoms with van der Waals surface area (Å²) >= 11 is 6.29. The van der Waals surface area contributed by atoms with Gasteiger partial charge in [-0.2, -0.15) is 5.10 Å². The maximum absolute atomic E-state index is 12.9. The fourth-order valence-corrected chi connectivity index (χ4v) is 3.95. The summed E-state index contributed by atoms with van der Waals surface area (Å²) in [5, 5.41) is 4.98. The van der Waals surface area contributed by atoms with E-state index in [4.69, 9.17) is 21.1 Å². The van der Waals surface area contributed by atoms with Crippen molar-refractivity contribution in [3.05, 3.63) is 89.6 Å². The van der Waals surface area contributed by atoms with Gasteiger partial charge in [0.2, 0.25) is 0 Å². The van der Waals surface area contributed by atoms with E-state index in [0.717, 1.165) is 11.4 Å². The molecule has 8 heteroatoms. The van der Waals surface area contributed by atoms with Gasteiger partial charge in [0.1, 0.15) is 11.5 Å². The topological polar surface area (TPSA) is 73.7 Å². The monoisotopic (exact) mass is 473 g/mol. The van der Waals surface area contributed by atoms with Gasteiger partial charge in [-0.3, -0.25) is 9.59 Å². The number of hydrogen-bond acceptors (Lipinski definition) is 5. The third-order valence-corrected chi connectivity index (χ3v) is 5.82. The van der Waals surface area contributed by atoms with Gasteiger partial charge in [0.15, 0.2) is 19.0 Å². The van der Waals surface area contributed by atoms with Gasteiger partial charge in [0.25, 0.3) is 5.91 Å². The molecule has 1 aliphatic heterocycles. The van der Waals surface area contributed by atoms with Crippen molar-refractivity contribution in [1.82, 2.24) is 9.78 Å². The van der Waals surface area contributed by atoms with Crippen molar-refractivity contribution in [3.63, 3.8) is 0 Å². The van der Waals surface area contributed by atoms with E-state index in [1.807, 2.05) is 36.4 Å². The van der Waals surface area contributed by atoms with E-state index in [9.17, 15) is 9.59 Å². The summed E-state index contributed by atoms with van der Waals surface area (Å²) in [5.74, 6) is 0.665. The number of aromatic nitrogens is 2. The van der Waals surface area contributed by atoms with Crippen LogP contribution >= 0.6 is 11.6 Å². The van der Waals surface area contributed by atoms with Crippen LogP contribution in [0.4, 0.5) is 5.69 Å². The Morgan fingerprint density at radius 2 is 1.91 bits per heavy atom. The van der Waals surface area contributed by atoms with Crippen molar-refractivity contribution >= 4 is 29.0 Å². The molecule has 4 aromatic rings. The first-order valence-corrected chi connectivity index (χ1v) is 11.0. The van der Waals surface area contributed by atoms with Crippen molar-refractivity contribution in [1.29, 1.82) is 0 Å². The number of ketones is 1. The molecule has 0 saturated heterocycles. The minimum atomic E-state index is -0.230. The molecule has 34 heavy (non-hydrogen) atoms. The molecule has 0 spiro atoms. The van der Waals surface area contributed by atoms with E-state index in [2.05, 4.69) is 5.10 Å². The van der Waals surface area contributed by atoms with Crippen LogP contribution in [0.25, 0.3) is 16.9 Å². The molecule has 2 heterocycles. The Balaban J connectivity index is 1.41. The van der Waals surface area contributed by atoms with Crippen LogP contribution in [-0.2, 0) is 4.79 Å². The number of carbonyl (C=O) groups is 2. The summed E-state index contributed by atoms with van der Waals surface area (Å²) in [6.07, 6.45) is 1.70.